The standard InChI is InChI=1S/C9H9N3O/c1-6-4-12-9(13-6)7-2-3-11-5-8(7)10/h2-5H,10H2,1H3. The molecular formula is C9H9N3O. The van der Waals surface area contributed by atoms with Crippen LogP contribution in [0.2, 0.25) is 0 Å². The van der Waals surface area contributed by atoms with Crippen molar-refractivity contribution in [3.8, 4) is 11.5 Å². The molecule has 2 N–H and O–H groups in total. The van der Waals surface area contributed by atoms with E-state index in [-0.39, 0.29) is 0 Å². The first-order valence-corrected chi connectivity index (χ1v) is 3.89. The van der Waals surface area contributed by atoms with E-state index in [0.717, 1.165) is 11.3 Å². The molecule has 4 heteroatoms. The van der Waals surface area contributed by atoms with Crippen molar-refractivity contribution in [3.05, 3.63) is 30.4 Å². The maximum absolute atomic E-state index is 5.70. The molecule has 4 nitrogen and oxygen atoms in total. The zero-order valence-electron chi connectivity index (χ0n) is 7.19. The van der Waals surface area contributed by atoms with Gasteiger partial charge in [0.2, 0.25) is 5.89 Å². The smallest absolute Gasteiger partial charge is 0.228 e. The average molecular weight is 175 g/mol. The van der Waals surface area contributed by atoms with Crippen molar-refractivity contribution in [1.82, 2.24) is 9.97 Å². The van der Waals surface area contributed by atoms with Gasteiger partial charge in [0.25, 0.3) is 0 Å². The van der Waals surface area contributed by atoms with Crippen molar-refractivity contribution >= 4 is 5.69 Å². The van der Waals surface area contributed by atoms with Crippen molar-refractivity contribution in [2.24, 2.45) is 0 Å². The quantitative estimate of drug-likeness (QED) is 0.715. The zero-order chi connectivity index (χ0) is 9.26. The van der Waals surface area contributed by atoms with Gasteiger partial charge in [-0.15, -0.1) is 0 Å². The lowest BCUT2D eigenvalue weighted by atomic mass is 10.2. The Hall–Kier alpha value is -1.84. The average Bonchev–Trinajstić information content (AvgIpc) is 2.53. The third kappa shape index (κ3) is 1.38. The van der Waals surface area contributed by atoms with E-state index in [0.29, 0.717) is 11.6 Å². The number of nitrogens with zero attached hydrogens (tertiary/aromatic N) is 2. The van der Waals surface area contributed by atoms with Gasteiger partial charge >= 0.3 is 0 Å². The molecule has 0 fully saturated rings. The normalized spacial score (nSPS) is 10.2. The summed E-state index contributed by atoms with van der Waals surface area (Å²) in [6.07, 6.45) is 4.90. The van der Waals surface area contributed by atoms with Gasteiger partial charge in [0.15, 0.2) is 0 Å². The van der Waals surface area contributed by atoms with Gasteiger partial charge in [0, 0.05) is 6.20 Å². The van der Waals surface area contributed by atoms with Crippen molar-refractivity contribution in [2.75, 3.05) is 5.73 Å². The maximum Gasteiger partial charge on any atom is 0.228 e. The lowest BCUT2D eigenvalue weighted by Crippen LogP contribution is -1.90. The van der Waals surface area contributed by atoms with E-state index in [9.17, 15) is 0 Å². The van der Waals surface area contributed by atoms with E-state index in [4.69, 9.17) is 10.2 Å². The number of anilines is 1. The summed E-state index contributed by atoms with van der Waals surface area (Å²) in [6.45, 7) is 1.84. The first-order valence-electron chi connectivity index (χ1n) is 3.89. The molecule has 0 aliphatic carbocycles. The maximum atomic E-state index is 5.70. The Morgan fingerprint density at radius 1 is 1.38 bits per heavy atom. The third-order valence-corrected chi connectivity index (χ3v) is 1.70. The van der Waals surface area contributed by atoms with Crippen LogP contribution in [0.3, 0.4) is 0 Å². The summed E-state index contributed by atoms with van der Waals surface area (Å²) >= 11 is 0. The lowest BCUT2D eigenvalue weighted by Gasteiger charge is -1.98. The molecule has 0 atom stereocenters. The van der Waals surface area contributed by atoms with E-state index < -0.39 is 0 Å². The summed E-state index contributed by atoms with van der Waals surface area (Å²) in [4.78, 5) is 7.96. The van der Waals surface area contributed by atoms with Crippen molar-refractivity contribution in [3.63, 3.8) is 0 Å². The molecule has 0 aliphatic rings. The number of aromatic nitrogens is 2. The molecule has 0 unspecified atom stereocenters. The minimum Gasteiger partial charge on any atom is -0.441 e. The van der Waals surface area contributed by atoms with E-state index >= 15 is 0 Å². The minimum atomic E-state index is 0.539. The summed E-state index contributed by atoms with van der Waals surface area (Å²) in [5, 5.41) is 0. The van der Waals surface area contributed by atoms with Gasteiger partial charge in [-0.2, -0.15) is 0 Å². The van der Waals surface area contributed by atoms with Crippen LogP contribution < -0.4 is 5.73 Å². The molecule has 2 aromatic rings. The van der Waals surface area contributed by atoms with Gasteiger partial charge in [-0.1, -0.05) is 0 Å². The fraction of sp³-hybridized carbons (Fsp3) is 0.111. The number of nitrogen functional groups attached to an aromatic ring is 1. The van der Waals surface area contributed by atoms with Crippen LogP contribution in [-0.2, 0) is 0 Å². The second-order valence-corrected chi connectivity index (χ2v) is 2.74. The van der Waals surface area contributed by atoms with E-state index in [1.807, 2.05) is 6.92 Å². The van der Waals surface area contributed by atoms with Gasteiger partial charge in [-0.05, 0) is 13.0 Å². The topological polar surface area (TPSA) is 64.9 Å². The molecule has 0 bridgehead atoms. The highest BCUT2D eigenvalue weighted by atomic mass is 16.4. The first-order chi connectivity index (χ1) is 6.27. The molecular weight excluding hydrogens is 166 g/mol. The number of rotatable bonds is 1. The highest BCUT2D eigenvalue weighted by Gasteiger charge is 2.06. The highest BCUT2D eigenvalue weighted by molar-refractivity contribution is 5.68. The molecule has 0 aliphatic heterocycles. The van der Waals surface area contributed by atoms with Gasteiger partial charge in [0.1, 0.15) is 5.76 Å². The SMILES string of the molecule is Cc1cnc(-c2ccncc2N)o1. The summed E-state index contributed by atoms with van der Waals surface area (Å²) in [7, 11) is 0. The van der Waals surface area contributed by atoms with Crippen molar-refractivity contribution in [2.45, 2.75) is 6.92 Å². The molecule has 2 heterocycles. The summed E-state index contributed by atoms with van der Waals surface area (Å²) in [6, 6.07) is 1.78. The van der Waals surface area contributed by atoms with Crippen LogP contribution in [0, 0.1) is 6.92 Å². The van der Waals surface area contributed by atoms with E-state index in [1.165, 1.54) is 0 Å². The molecule has 0 aromatic carbocycles. The van der Waals surface area contributed by atoms with Crippen LogP contribution in [-0.4, -0.2) is 9.97 Å². The number of nitrogens with two attached hydrogens (primary N) is 1. The second-order valence-electron chi connectivity index (χ2n) is 2.74. The van der Waals surface area contributed by atoms with Crippen LogP contribution in [0.4, 0.5) is 5.69 Å². The van der Waals surface area contributed by atoms with Crippen LogP contribution in [0.15, 0.2) is 29.1 Å². The third-order valence-electron chi connectivity index (χ3n) is 1.70. The molecule has 13 heavy (non-hydrogen) atoms. The molecule has 2 aromatic heterocycles. The van der Waals surface area contributed by atoms with Gasteiger partial charge < -0.3 is 10.2 Å². The monoisotopic (exact) mass is 175 g/mol. The van der Waals surface area contributed by atoms with Gasteiger partial charge in [-0.25, -0.2) is 4.98 Å². The Morgan fingerprint density at radius 2 is 2.23 bits per heavy atom. The Kier molecular flexibility index (Phi) is 1.73. The minimum absolute atomic E-state index is 0.539. The summed E-state index contributed by atoms with van der Waals surface area (Å²) in [5.41, 5.74) is 7.05. The summed E-state index contributed by atoms with van der Waals surface area (Å²) in [5.74, 6) is 1.31. The van der Waals surface area contributed by atoms with Crippen LogP contribution in [0.1, 0.15) is 5.76 Å². The first kappa shape index (κ1) is 7.79. The number of hydrogen-bond donors (Lipinski definition) is 1. The largest absolute Gasteiger partial charge is 0.441 e. The zero-order valence-corrected chi connectivity index (χ0v) is 7.19. The van der Waals surface area contributed by atoms with Crippen molar-refractivity contribution in [1.29, 1.82) is 0 Å². The second kappa shape index (κ2) is 2.90. The Labute approximate surface area is 75.4 Å². The Bertz CT molecular complexity index is 422. The molecule has 0 spiro atoms. The number of oxazole rings is 1. The molecule has 66 valence electrons. The molecule has 0 amide bonds. The Morgan fingerprint density at radius 3 is 2.85 bits per heavy atom. The number of hydrogen-bond acceptors (Lipinski definition) is 4. The predicted molar refractivity (Wildman–Crippen MR) is 48.9 cm³/mol. The van der Waals surface area contributed by atoms with Crippen LogP contribution in [0.5, 0.6) is 0 Å². The van der Waals surface area contributed by atoms with E-state index in [1.54, 1.807) is 24.7 Å². The number of aryl methyl sites for hydroxylation is 1. The fourth-order valence-electron chi connectivity index (χ4n) is 1.08. The fourth-order valence-corrected chi connectivity index (χ4v) is 1.08. The molecule has 0 saturated carbocycles. The highest BCUT2D eigenvalue weighted by Crippen LogP contribution is 2.23. The van der Waals surface area contributed by atoms with Crippen molar-refractivity contribution < 1.29 is 4.42 Å². The predicted octanol–water partition coefficient (Wildman–Crippen LogP) is 1.63. The molecule has 2 rings (SSSR count). The van der Waals surface area contributed by atoms with Crippen LogP contribution >= 0.6 is 0 Å². The lowest BCUT2D eigenvalue weighted by molar-refractivity contribution is 0.542. The number of pyridine rings is 1. The Balaban J connectivity index is 2.52. The van der Waals surface area contributed by atoms with Crippen LogP contribution in [0.25, 0.3) is 11.5 Å². The van der Waals surface area contributed by atoms with Gasteiger partial charge in [-0.3, -0.25) is 4.98 Å². The molecule has 0 saturated heterocycles. The molecule has 0 radical (unpaired) electrons. The van der Waals surface area contributed by atoms with Gasteiger partial charge in [0.05, 0.1) is 23.6 Å². The summed E-state index contributed by atoms with van der Waals surface area (Å²) < 4.78 is 5.33. The van der Waals surface area contributed by atoms with E-state index in [2.05, 4.69) is 9.97 Å².